The van der Waals surface area contributed by atoms with E-state index in [9.17, 15) is 14.4 Å². The molecule has 3 N–H and O–H groups in total. The molecule has 7 heteroatoms. The first-order valence-electron chi connectivity index (χ1n) is 4.96. The summed E-state index contributed by atoms with van der Waals surface area (Å²) in [5, 5.41) is 2.36. The van der Waals surface area contributed by atoms with Gasteiger partial charge in [-0.1, -0.05) is 15.9 Å². The molecular weight excluding hydrogens is 304 g/mol. The fourth-order valence-corrected chi connectivity index (χ4v) is 1.32. The number of benzene rings is 1. The number of hydrogen-bond acceptors (Lipinski definition) is 4. The molecule has 0 unspecified atom stereocenters. The van der Waals surface area contributed by atoms with Crippen LogP contribution in [-0.4, -0.2) is 30.9 Å². The van der Waals surface area contributed by atoms with Gasteiger partial charge < -0.3 is 15.8 Å². The van der Waals surface area contributed by atoms with Crippen LogP contribution in [0.2, 0.25) is 0 Å². The normalized spacial score (nSPS) is 9.61. The lowest BCUT2D eigenvalue weighted by Crippen LogP contribution is -2.32. The summed E-state index contributed by atoms with van der Waals surface area (Å²) in [7, 11) is 0. The average Bonchev–Trinajstić information content (AvgIpc) is 2.34. The van der Waals surface area contributed by atoms with Crippen molar-refractivity contribution < 1.29 is 19.1 Å². The topological polar surface area (TPSA) is 98.5 Å². The summed E-state index contributed by atoms with van der Waals surface area (Å²) in [4.78, 5) is 33.0. The van der Waals surface area contributed by atoms with E-state index in [1.165, 1.54) is 0 Å². The van der Waals surface area contributed by atoms with Crippen LogP contribution in [-0.2, 0) is 14.3 Å². The Bertz CT molecular complexity index is 459. The largest absolute Gasteiger partial charge is 0.454 e. The Labute approximate surface area is 112 Å². The van der Waals surface area contributed by atoms with Gasteiger partial charge in [0.15, 0.2) is 6.61 Å². The predicted octanol–water partition coefficient (Wildman–Crippen LogP) is 0.207. The summed E-state index contributed by atoms with van der Waals surface area (Å²) in [6, 6.07) is 6.63. The number of primary amides is 1. The van der Waals surface area contributed by atoms with Gasteiger partial charge in [-0.3, -0.25) is 14.4 Å². The summed E-state index contributed by atoms with van der Waals surface area (Å²) in [5.41, 5.74) is 5.21. The van der Waals surface area contributed by atoms with Gasteiger partial charge in [0.25, 0.3) is 11.8 Å². The van der Waals surface area contributed by atoms with E-state index >= 15 is 0 Å². The number of carbonyl (C=O) groups excluding carboxylic acids is 3. The first-order chi connectivity index (χ1) is 8.49. The van der Waals surface area contributed by atoms with E-state index in [-0.39, 0.29) is 6.54 Å². The van der Waals surface area contributed by atoms with E-state index in [2.05, 4.69) is 26.0 Å². The SMILES string of the molecule is NC(=O)COC(=O)CNC(=O)c1ccc(Br)cc1. The van der Waals surface area contributed by atoms with Crippen LogP contribution < -0.4 is 11.1 Å². The molecule has 2 amide bonds. The third-order valence-corrected chi connectivity index (χ3v) is 2.40. The van der Waals surface area contributed by atoms with Gasteiger partial charge >= 0.3 is 5.97 Å². The molecule has 1 aromatic rings. The lowest BCUT2D eigenvalue weighted by atomic mass is 10.2. The Morgan fingerprint density at radius 2 is 1.83 bits per heavy atom. The van der Waals surface area contributed by atoms with Crippen molar-refractivity contribution in [3.05, 3.63) is 34.3 Å². The lowest BCUT2D eigenvalue weighted by molar-refractivity contribution is -0.146. The minimum absolute atomic E-state index is 0.317. The van der Waals surface area contributed by atoms with Crippen molar-refractivity contribution in [3.8, 4) is 0 Å². The van der Waals surface area contributed by atoms with E-state index < -0.39 is 24.4 Å². The second-order valence-electron chi connectivity index (χ2n) is 3.32. The fraction of sp³-hybridized carbons (Fsp3) is 0.182. The highest BCUT2D eigenvalue weighted by Gasteiger charge is 2.09. The van der Waals surface area contributed by atoms with Crippen LogP contribution in [0.15, 0.2) is 28.7 Å². The molecule has 0 bridgehead atoms. The van der Waals surface area contributed by atoms with Crippen molar-refractivity contribution >= 4 is 33.7 Å². The highest BCUT2D eigenvalue weighted by atomic mass is 79.9. The number of ether oxygens (including phenoxy) is 1. The summed E-state index contributed by atoms with van der Waals surface area (Å²) >= 11 is 3.24. The molecule has 0 radical (unpaired) electrons. The number of halogens is 1. The molecule has 0 aliphatic heterocycles. The van der Waals surface area contributed by atoms with Crippen molar-refractivity contribution in [2.24, 2.45) is 5.73 Å². The third kappa shape index (κ3) is 4.96. The number of nitrogens with one attached hydrogen (secondary N) is 1. The first-order valence-corrected chi connectivity index (χ1v) is 5.76. The first kappa shape index (κ1) is 14.2. The van der Waals surface area contributed by atoms with Gasteiger partial charge in [-0.2, -0.15) is 0 Å². The van der Waals surface area contributed by atoms with Gasteiger partial charge in [0.2, 0.25) is 0 Å². The zero-order chi connectivity index (χ0) is 13.5. The van der Waals surface area contributed by atoms with E-state index in [0.29, 0.717) is 5.56 Å². The average molecular weight is 315 g/mol. The van der Waals surface area contributed by atoms with Crippen LogP contribution in [0.4, 0.5) is 0 Å². The molecular formula is C11H11BrN2O4. The van der Waals surface area contributed by atoms with E-state index in [1.54, 1.807) is 24.3 Å². The second-order valence-corrected chi connectivity index (χ2v) is 4.23. The molecule has 0 aliphatic rings. The zero-order valence-corrected chi connectivity index (χ0v) is 10.9. The lowest BCUT2D eigenvalue weighted by Gasteiger charge is -2.05. The minimum atomic E-state index is -0.748. The molecule has 18 heavy (non-hydrogen) atoms. The molecule has 0 atom stereocenters. The maximum Gasteiger partial charge on any atom is 0.325 e. The minimum Gasteiger partial charge on any atom is -0.454 e. The van der Waals surface area contributed by atoms with E-state index in [4.69, 9.17) is 5.73 Å². The highest BCUT2D eigenvalue weighted by molar-refractivity contribution is 9.10. The Hall–Kier alpha value is -1.89. The maximum absolute atomic E-state index is 11.6. The Morgan fingerprint density at radius 1 is 1.22 bits per heavy atom. The molecule has 0 saturated carbocycles. The van der Waals surface area contributed by atoms with Gasteiger partial charge in [-0.15, -0.1) is 0 Å². The van der Waals surface area contributed by atoms with Crippen LogP contribution in [0, 0.1) is 0 Å². The standard InChI is InChI=1S/C11H11BrN2O4/c12-8-3-1-7(2-4-8)11(17)14-5-10(16)18-6-9(13)15/h1-4H,5-6H2,(H2,13,15)(H,14,17). The number of esters is 1. The number of carbonyl (C=O) groups is 3. The van der Waals surface area contributed by atoms with E-state index in [1.807, 2.05) is 0 Å². The maximum atomic E-state index is 11.6. The molecule has 0 saturated heterocycles. The van der Waals surface area contributed by atoms with Gasteiger partial charge in [0.05, 0.1) is 0 Å². The Morgan fingerprint density at radius 3 is 2.39 bits per heavy atom. The van der Waals surface area contributed by atoms with Crippen LogP contribution in [0.1, 0.15) is 10.4 Å². The quantitative estimate of drug-likeness (QED) is 0.759. The van der Waals surface area contributed by atoms with Crippen molar-refractivity contribution in [1.82, 2.24) is 5.32 Å². The predicted molar refractivity (Wildman–Crippen MR) is 66.6 cm³/mol. The third-order valence-electron chi connectivity index (χ3n) is 1.88. The molecule has 0 aliphatic carbocycles. The molecule has 0 fully saturated rings. The molecule has 1 rings (SSSR count). The van der Waals surface area contributed by atoms with E-state index in [0.717, 1.165) is 4.47 Å². The fourth-order valence-electron chi connectivity index (χ4n) is 1.06. The molecule has 0 aromatic heterocycles. The summed E-state index contributed by atoms with van der Waals surface area (Å²) in [6.07, 6.45) is 0. The number of hydrogen-bond donors (Lipinski definition) is 2. The number of nitrogens with two attached hydrogens (primary N) is 1. The summed E-state index contributed by atoms with van der Waals surface area (Å²) < 4.78 is 5.32. The van der Waals surface area contributed by atoms with Gasteiger partial charge in [0.1, 0.15) is 6.54 Å². The molecule has 0 spiro atoms. The Balaban J connectivity index is 2.39. The van der Waals surface area contributed by atoms with Gasteiger partial charge in [-0.05, 0) is 24.3 Å². The van der Waals surface area contributed by atoms with Crippen molar-refractivity contribution in [1.29, 1.82) is 0 Å². The van der Waals surface area contributed by atoms with Crippen LogP contribution in [0.5, 0.6) is 0 Å². The second kappa shape index (κ2) is 6.75. The molecule has 0 heterocycles. The van der Waals surface area contributed by atoms with Crippen LogP contribution in [0.3, 0.4) is 0 Å². The van der Waals surface area contributed by atoms with Crippen LogP contribution >= 0.6 is 15.9 Å². The highest BCUT2D eigenvalue weighted by Crippen LogP contribution is 2.10. The van der Waals surface area contributed by atoms with Crippen molar-refractivity contribution in [3.63, 3.8) is 0 Å². The number of rotatable bonds is 5. The summed E-state index contributed by atoms with van der Waals surface area (Å²) in [5.74, 6) is -1.87. The Kier molecular flexibility index (Phi) is 5.31. The smallest absolute Gasteiger partial charge is 0.325 e. The van der Waals surface area contributed by atoms with Crippen LogP contribution in [0.25, 0.3) is 0 Å². The number of amides is 2. The van der Waals surface area contributed by atoms with Gasteiger partial charge in [-0.25, -0.2) is 0 Å². The molecule has 1 aromatic carbocycles. The van der Waals surface area contributed by atoms with Gasteiger partial charge in [0, 0.05) is 10.0 Å². The summed E-state index contributed by atoms with van der Waals surface area (Å²) in [6.45, 7) is -0.810. The monoisotopic (exact) mass is 314 g/mol. The molecule has 96 valence electrons. The zero-order valence-electron chi connectivity index (χ0n) is 9.31. The van der Waals surface area contributed by atoms with Crippen molar-refractivity contribution in [2.75, 3.05) is 13.2 Å². The molecule has 6 nitrogen and oxygen atoms in total. The van der Waals surface area contributed by atoms with Crippen molar-refractivity contribution in [2.45, 2.75) is 0 Å².